The van der Waals surface area contributed by atoms with Crippen molar-refractivity contribution in [1.29, 1.82) is 0 Å². The van der Waals surface area contributed by atoms with Gasteiger partial charge in [-0.05, 0) is 12.8 Å². The highest BCUT2D eigenvalue weighted by atomic mass is 79.9. The molecule has 0 rings (SSSR count). The summed E-state index contributed by atoms with van der Waals surface area (Å²) in [4.78, 5) is 1.13. The zero-order valence-corrected chi connectivity index (χ0v) is 9.07. The summed E-state index contributed by atoms with van der Waals surface area (Å²) in [5.74, 6) is 0. The molecule has 0 aromatic carbocycles. The molecule has 0 aliphatic heterocycles. The fourth-order valence-electron chi connectivity index (χ4n) is 0.644. The van der Waals surface area contributed by atoms with Crippen molar-refractivity contribution in [3.05, 3.63) is 6.42 Å². The molecule has 9 heavy (non-hydrogen) atoms. The predicted molar refractivity (Wildman–Crippen MR) is 50.3 cm³/mol. The smallest absolute Gasteiger partial charge is 0.0299 e. The van der Waals surface area contributed by atoms with Crippen LogP contribution in [0.2, 0.25) is 0 Å². The highest BCUT2D eigenvalue weighted by Crippen LogP contribution is 2.20. The van der Waals surface area contributed by atoms with E-state index in [-0.39, 0.29) is 0 Å². The zero-order valence-electron chi connectivity index (χ0n) is 5.90. The van der Waals surface area contributed by atoms with Crippen LogP contribution in [-0.4, -0.2) is 9.65 Å². The molecule has 0 saturated heterocycles. The Hall–Kier alpha value is 0.960. The van der Waals surface area contributed by atoms with Gasteiger partial charge < -0.3 is 0 Å². The predicted octanol–water partition coefficient (Wildman–Crippen LogP) is 3.54. The van der Waals surface area contributed by atoms with Gasteiger partial charge in [0.25, 0.3) is 0 Å². The van der Waals surface area contributed by atoms with Gasteiger partial charge in [-0.2, -0.15) is 0 Å². The summed E-state index contributed by atoms with van der Waals surface area (Å²) >= 11 is 7.13. The lowest BCUT2D eigenvalue weighted by Gasteiger charge is -2.12. The Bertz CT molecular complexity index is 63.9. The van der Waals surface area contributed by atoms with E-state index in [0.717, 1.165) is 0 Å². The van der Waals surface area contributed by atoms with Gasteiger partial charge in [-0.1, -0.05) is 52.1 Å². The molecule has 0 aliphatic rings. The van der Waals surface area contributed by atoms with Gasteiger partial charge in [-0.3, -0.25) is 0 Å². The van der Waals surface area contributed by atoms with Crippen molar-refractivity contribution in [2.75, 3.05) is 0 Å². The molecule has 2 atom stereocenters. The van der Waals surface area contributed by atoms with E-state index in [2.05, 4.69) is 52.1 Å². The normalized spacial score (nSPS) is 17.3. The summed E-state index contributed by atoms with van der Waals surface area (Å²) in [6.45, 7) is 4.27. The van der Waals surface area contributed by atoms with Crippen LogP contribution in [0.4, 0.5) is 0 Å². The summed E-state index contributed by atoms with van der Waals surface area (Å²) in [7, 11) is 0. The second-order valence-electron chi connectivity index (χ2n) is 2.08. The van der Waals surface area contributed by atoms with Gasteiger partial charge >= 0.3 is 0 Å². The Kier molecular flexibility index (Phi) is 6.33. The quantitative estimate of drug-likeness (QED) is 0.675. The molecule has 0 amide bonds. The fourth-order valence-corrected chi connectivity index (χ4v) is 1.67. The Morgan fingerprint density at radius 2 is 2.00 bits per heavy atom. The van der Waals surface area contributed by atoms with Gasteiger partial charge in [-0.25, -0.2) is 0 Å². The van der Waals surface area contributed by atoms with E-state index in [1.807, 2.05) is 0 Å². The molecule has 0 fully saturated rings. The van der Waals surface area contributed by atoms with Crippen molar-refractivity contribution in [1.82, 2.24) is 0 Å². The zero-order chi connectivity index (χ0) is 7.28. The highest BCUT2D eigenvalue weighted by molar-refractivity contribution is 9.12. The summed E-state index contributed by atoms with van der Waals surface area (Å²) in [5.41, 5.74) is 0. The first-order valence-corrected chi connectivity index (χ1v) is 5.13. The standard InChI is InChI=1S/C7H13Br2/c1-3-5-7(9)6(8)4-2/h4,6-7H,3,5H2,1-2H3. The van der Waals surface area contributed by atoms with Crippen LogP contribution in [0.1, 0.15) is 26.7 Å². The second-order valence-corrected chi connectivity index (χ2v) is 4.32. The van der Waals surface area contributed by atoms with Crippen molar-refractivity contribution < 1.29 is 0 Å². The van der Waals surface area contributed by atoms with E-state index < -0.39 is 0 Å². The first kappa shape index (κ1) is 9.96. The van der Waals surface area contributed by atoms with Crippen molar-refractivity contribution in [3.63, 3.8) is 0 Å². The van der Waals surface area contributed by atoms with E-state index in [9.17, 15) is 0 Å². The molecule has 0 spiro atoms. The van der Waals surface area contributed by atoms with Crippen LogP contribution in [0.15, 0.2) is 0 Å². The first-order valence-electron chi connectivity index (χ1n) is 3.30. The third-order valence-corrected chi connectivity index (χ3v) is 4.13. The molecule has 0 bridgehead atoms. The van der Waals surface area contributed by atoms with Crippen LogP contribution in [-0.2, 0) is 0 Å². The number of halogens is 2. The average Bonchev–Trinajstić information content (AvgIpc) is 1.87. The molecule has 55 valence electrons. The molecule has 0 aromatic heterocycles. The van der Waals surface area contributed by atoms with Crippen molar-refractivity contribution in [3.8, 4) is 0 Å². The van der Waals surface area contributed by atoms with E-state index >= 15 is 0 Å². The fraction of sp³-hybridized carbons (Fsp3) is 0.857. The third kappa shape index (κ3) is 4.38. The third-order valence-electron chi connectivity index (χ3n) is 1.23. The van der Waals surface area contributed by atoms with Crippen molar-refractivity contribution in [2.45, 2.75) is 36.3 Å². The van der Waals surface area contributed by atoms with Crippen LogP contribution in [0.5, 0.6) is 0 Å². The lowest BCUT2D eigenvalue weighted by molar-refractivity contribution is 0.753. The molecule has 0 heterocycles. The summed E-state index contributed by atoms with van der Waals surface area (Å²) in [5, 5.41) is 0. The second kappa shape index (κ2) is 5.72. The summed E-state index contributed by atoms with van der Waals surface area (Å²) < 4.78 is 0. The summed E-state index contributed by atoms with van der Waals surface area (Å²) in [6, 6.07) is 0. The lowest BCUT2D eigenvalue weighted by atomic mass is 10.2. The highest BCUT2D eigenvalue weighted by Gasteiger charge is 2.11. The molecule has 0 aliphatic carbocycles. The van der Waals surface area contributed by atoms with Gasteiger partial charge in [0.1, 0.15) is 0 Å². The van der Waals surface area contributed by atoms with Gasteiger partial charge in [0.05, 0.1) is 0 Å². The van der Waals surface area contributed by atoms with Crippen LogP contribution in [0.3, 0.4) is 0 Å². The van der Waals surface area contributed by atoms with Gasteiger partial charge in [0.15, 0.2) is 0 Å². The molecule has 2 unspecified atom stereocenters. The molecule has 0 aromatic rings. The van der Waals surface area contributed by atoms with Crippen LogP contribution in [0, 0.1) is 6.42 Å². The number of alkyl halides is 2. The van der Waals surface area contributed by atoms with Gasteiger partial charge in [0, 0.05) is 9.65 Å². The Labute approximate surface area is 74.7 Å². The Balaban J connectivity index is 3.32. The van der Waals surface area contributed by atoms with Crippen LogP contribution < -0.4 is 0 Å². The number of hydrogen-bond donors (Lipinski definition) is 0. The molecule has 2 heteroatoms. The van der Waals surface area contributed by atoms with Crippen molar-refractivity contribution in [2.24, 2.45) is 0 Å². The van der Waals surface area contributed by atoms with Gasteiger partial charge in [-0.15, -0.1) is 0 Å². The molecule has 0 N–H and O–H groups in total. The topological polar surface area (TPSA) is 0 Å². The molecule has 0 nitrogen and oxygen atoms in total. The first-order chi connectivity index (χ1) is 4.22. The van der Waals surface area contributed by atoms with E-state index in [0.29, 0.717) is 9.65 Å². The molecule has 0 saturated carbocycles. The summed E-state index contributed by atoms with van der Waals surface area (Å²) in [6.07, 6.45) is 4.64. The van der Waals surface area contributed by atoms with E-state index in [1.54, 1.807) is 0 Å². The lowest BCUT2D eigenvalue weighted by Crippen LogP contribution is -2.12. The van der Waals surface area contributed by atoms with Gasteiger partial charge in [0.2, 0.25) is 0 Å². The molecule has 1 radical (unpaired) electrons. The maximum absolute atomic E-state index is 3.59. The SMILES string of the molecule is C[CH]C(Br)C(Br)CCC. The monoisotopic (exact) mass is 255 g/mol. The molecular weight excluding hydrogens is 244 g/mol. The Morgan fingerprint density at radius 3 is 2.33 bits per heavy atom. The maximum atomic E-state index is 3.59. The van der Waals surface area contributed by atoms with Crippen molar-refractivity contribution >= 4 is 31.9 Å². The largest absolute Gasteiger partial charge is 0.0878 e. The minimum atomic E-state index is 0.525. The minimum Gasteiger partial charge on any atom is -0.0878 e. The van der Waals surface area contributed by atoms with E-state index in [1.165, 1.54) is 12.8 Å². The maximum Gasteiger partial charge on any atom is 0.0299 e. The molecular formula is C7H13Br2. The average molecular weight is 257 g/mol. The Morgan fingerprint density at radius 1 is 1.44 bits per heavy atom. The minimum absolute atomic E-state index is 0.525. The number of hydrogen-bond acceptors (Lipinski definition) is 0. The van der Waals surface area contributed by atoms with Crippen LogP contribution >= 0.6 is 31.9 Å². The van der Waals surface area contributed by atoms with E-state index in [4.69, 9.17) is 0 Å². The van der Waals surface area contributed by atoms with Crippen LogP contribution in [0.25, 0.3) is 0 Å². The number of rotatable bonds is 4.